The van der Waals surface area contributed by atoms with Crippen molar-refractivity contribution in [1.29, 1.82) is 0 Å². The van der Waals surface area contributed by atoms with E-state index in [0.717, 1.165) is 35.0 Å². The number of aryl methyl sites for hydroxylation is 2. The summed E-state index contributed by atoms with van der Waals surface area (Å²) < 4.78 is 0. The van der Waals surface area contributed by atoms with Gasteiger partial charge in [0.1, 0.15) is 0 Å². The Morgan fingerprint density at radius 2 is 2.00 bits per heavy atom. The van der Waals surface area contributed by atoms with Crippen molar-refractivity contribution in [1.82, 2.24) is 10.3 Å². The molecule has 1 saturated carbocycles. The first-order chi connectivity index (χ1) is 9.15. The summed E-state index contributed by atoms with van der Waals surface area (Å²) in [7, 11) is 0. The highest BCUT2D eigenvalue weighted by Gasteiger charge is 2.21. The van der Waals surface area contributed by atoms with Crippen molar-refractivity contribution in [2.45, 2.75) is 45.6 Å². The molecule has 0 unspecified atom stereocenters. The molecule has 0 atom stereocenters. The Morgan fingerprint density at radius 1 is 1.26 bits per heavy atom. The molecular weight excluding hydrogens is 236 g/mol. The normalized spacial score (nSPS) is 16.1. The maximum Gasteiger partial charge on any atom is 0.253 e. The van der Waals surface area contributed by atoms with Crippen LogP contribution in [-0.2, 0) is 0 Å². The molecule has 1 amide bonds. The van der Waals surface area contributed by atoms with Crippen LogP contribution in [0.3, 0.4) is 0 Å². The van der Waals surface area contributed by atoms with E-state index in [1.165, 1.54) is 18.4 Å². The number of benzene rings is 1. The van der Waals surface area contributed by atoms with E-state index >= 15 is 0 Å². The molecule has 3 heteroatoms. The number of nitrogens with one attached hydrogen (secondary N) is 2. The van der Waals surface area contributed by atoms with Gasteiger partial charge in [-0.05, 0) is 38.8 Å². The zero-order valence-electron chi connectivity index (χ0n) is 11.5. The zero-order valence-corrected chi connectivity index (χ0v) is 11.5. The van der Waals surface area contributed by atoms with Crippen LogP contribution in [0.1, 0.15) is 47.3 Å². The van der Waals surface area contributed by atoms with Crippen LogP contribution in [0.4, 0.5) is 0 Å². The second-order valence-electron chi connectivity index (χ2n) is 5.63. The van der Waals surface area contributed by atoms with Crippen molar-refractivity contribution in [3.05, 3.63) is 35.0 Å². The molecular formula is C16H20N2O. The number of H-pyrrole nitrogens is 1. The summed E-state index contributed by atoms with van der Waals surface area (Å²) in [6, 6.07) is 6.56. The minimum atomic E-state index is 0.0706. The lowest BCUT2D eigenvalue weighted by Gasteiger charge is -2.12. The average molecular weight is 256 g/mol. The second-order valence-corrected chi connectivity index (χ2v) is 5.63. The molecule has 3 nitrogen and oxygen atoms in total. The summed E-state index contributed by atoms with van der Waals surface area (Å²) >= 11 is 0. The number of aromatic amines is 1. The van der Waals surface area contributed by atoms with Crippen LogP contribution in [-0.4, -0.2) is 16.9 Å². The van der Waals surface area contributed by atoms with Crippen molar-refractivity contribution < 1.29 is 4.79 Å². The van der Waals surface area contributed by atoms with Crippen LogP contribution in [0.5, 0.6) is 0 Å². The first-order valence-electron chi connectivity index (χ1n) is 7.05. The molecule has 0 saturated heterocycles. The number of hydrogen-bond donors (Lipinski definition) is 2. The predicted molar refractivity (Wildman–Crippen MR) is 77.5 cm³/mol. The van der Waals surface area contributed by atoms with Gasteiger partial charge in [0.05, 0.1) is 5.56 Å². The highest BCUT2D eigenvalue weighted by Crippen LogP contribution is 2.24. The predicted octanol–water partition coefficient (Wildman–Crippen LogP) is 3.46. The highest BCUT2D eigenvalue weighted by molar-refractivity contribution is 6.08. The molecule has 1 aliphatic carbocycles. The van der Waals surface area contributed by atoms with Gasteiger partial charge in [0.25, 0.3) is 5.91 Å². The maximum absolute atomic E-state index is 12.5. The minimum absolute atomic E-state index is 0.0706. The van der Waals surface area contributed by atoms with Crippen LogP contribution in [0.15, 0.2) is 18.2 Å². The molecule has 1 aromatic heterocycles. The molecule has 0 radical (unpaired) electrons. The molecule has 2 N–H and O–H groups in total. The Balaban J connectivity index is 1.96. The number of carbonyl (C=O) groups excluding carboxylic acids is 1. The van der Waals surface area contributed by atoms with Crippen LogP contribution >= 0.6 is 0 Å². The minimum Gasteiger partial charge on any atom is -0.358 e. The molecule has 0 bridgehead atoms. The van der Waals surface area contributed by atoms with Crippen molar-refractivity contribution in [2.75, 3.05) is 0 Å². The maximum atomic E-state index is 12.5. The van der Waals surface area contributed by atoms with E-state index in [-0.39, 0.29) is 5.91 Å². The Hall–Kier alpha value is -1.77. The second kappa shape index (κ2) is 4.72. The number of fused-ring (bicyclic) bond motifs is 1. The average Bonchev–Trinajstić information content (AvgIpc) is 2.95. The molecule has 1 aliphatic rings. The summed E-state index contributed by atoms with van der Waals surface area (Å²) in [5.41, 5.74) is 3.99. The van der Waals surface area contributed by atoms with Gasteiger partial charge in [-0.3, -0.25) is 4.79 Å². The van der Waals surface area contributed by atoms with E-state index in [0.29, 0.717) is 6.04 Å². The van der Waals surface area contributed by atoms with Crippen molar-refractivity contribution in [3.63, 3.8) is 0 Å². The number of rotatable bonds is 2. The third-order valence-corrected chi connectivity index (χ3v) is 4.06. The van der Waals surface area contributed by atoms with Gasteiger partial charge >= 0.3 is 0 Å². The Labute approximate surface area is 113 Å². The summed E-state index contributed by atoms with van der Waals surface area (Å²) in [6.45, 7) is 4.03. The molecule has 1 aromatic carbocycles. The van der Waals surface area contributed by atoms with Crippen LogP contribution in [0.25, 0.3) is 10.9 Å². The van der Waals surface area contributed by atoms with E-state index < -0.39 is 0 Å². The first kappa shape index (κ1) is 12.3. The molecule has 100 valence electrons. The molecule has 0 aliphatic heterocycles. The summed E-state index contributed by atoms with van der Waals surface area (Å²) in [5.74, 6) is 0.0706. The fraction of sp³-hybridized carbons (Fsp3) is 0.438. The van der Waals surface area contributed by atoms with Crippen LogP contribution in [0.2, 0.25) is 0 Å². The first-order valence-corrected chi connectivity index (χ1v) is 7.05. The van der Waals surface area contributed by atoms with Gasteiger partial charge in [0, 0.05) is 22.6 Å². The third kappa shape index (κ3) is 2.25. The van der Waals surface area contributed by atoms with Gasteiger partial charge in [0.2, 0.25) is 0 Å². The third-order valence-electron chi connectivity index (χ3n) is 4.06. The van der Waals surface area contributed by atoms with Gasteiger partial charge in [0.15, 0.2) is 0 Å². The summed E-state index contributed by atoms with van der Waals surface area (Å²) in [6.07, 6.45) is 4.70. The van der Waals surface area contributed by atoms with Gasteiger partial charge in [-0.15, -0.1) is 0 Å². The monoisotopic (exact) mass is 256 g/mol. The smallest absolute Gasteiger partial charge is 0.253 e. The number of hydrogen-bond acceptors (Lipinski definition) is 1. The summed E-state index contributed by atoms with van der Waals surface area (Å²) in [4.78, 5) is 15.8. The quantitative estimate of drug-likeness (QED) is 0.849. The van der Waals surface area contributed by atoms with E-state index in [2.05, 4.69) is 29.4 Å². The largest absolute Gasteiger partial charge is 0.358 e. The van der Waals surface area contributed by atoms with E-state index in [1.807, 2.05) is 13.0 Å². The lowest BCUT2D eigenvalue weighted by atomic mass is 10.1. The van der Waals surface area contributed by atoms with E-state index in [4.69, 9.17) is 0 Å². The SMILES string of the molecule is Cc1ccc2[nH]c(C)c(C(=O)NC3CCCC3)c2c1. The summed E-state index contributed by atoms with van der Waals surface area (Å²) in [5, 5.41) is 4.21. The molecule has 0 spiro atoms. The van der Waals surface area contributed by atoms with Gasteiger partial charge in [-0.2, -0.15) is 0 Å². The molecule has 1 heterocycles. The van der Waals surface area contributed by atoms with Crippen LogP contribution < -0.4 is 5.32 Å². The number of amides is 1. The molecule has 2 aromatic rings. The highest BCUT2D eigenvalue weighted by atomic mass is 16.1. The van der Waals surface area contributed by atoms with Gasteiger partial charge < -0.3 is 10.3 Å². The number of aromatic nitrogens is 1. The zero-order chi connectivity index (χ0) is 13.4. The van der Waals surface area contributed by atoms with Gasteiger partial charge in [-0.1, -0.05) is 24.5 Å². The lowest BCUT2D eigenvalue weighted by molar-refractivity contribution is 0.0939. The standard InChI is InChI=1S/C16H20N2O/c1-10-7-8-14-13(9-10)15(11(2)17-14)16(19)18-12-5-3-4-6-12/h7-9,12,17H,3-6H2,1-2H3,(H,18,19). The van der Waals surface area contributed by atoms with Crippen molar-refractivity contribution in [2.24, 2.45) is 0 Å². The van der Waals surface area contributed by atoms with Gasteiger partial charge in [-0.25, -0.2) is 0 Å². The Kier molecular flexibility index (Phi) is 3.05. The molecule has 1 fully saturated rings. The fourth-order valence-corrected chi connectivity index (χ4v) is 3.06. The number of carbonyl (C=O) groups is 1. The van der Waals surface area contributed by atoms with E-state index in [1.54, 1.807) is 0 Å². The van der Waals surface area contributed by atoms with Crippen molar-refractivity contribution >= 4 is 16.8 Å². The fourth-order valence-electron chi connectivity index (χ4n) is 3.06. The van der Waals surface area contributed by atoms with E-state index in [9.17, 15) is 4.79 Å². The Morgan fingerprint density at radius 3 is 2.74 bits per heavy atom. The van der Waals surface area contributed by atoms with Crippen molar-refractivity contribution in [3.8, 4) is 0 Å². The molecule has 3 rings (SSSR count). The Bertz CT molecular complexity index is 621. The topological polar surface area (TPSA) is 44.9 Å². The lowest BCUT2D eigenvalue weighted by Crippen LogP contribution is -2.32. The van der Waals surface area contributed by atoms with Crippen LogP contribution in [0, 0.1) is 13.8 Å². The molecule has 19 heavy (non-hydrogen) atoms.